The Morgan fingerprint density at radius 1 is 1.22 bits per heavy atom. The normalized spacial score (nSPS) is 25.1. The van der Waals surface area contributed by atoms with Crippen molar-refractivity contribution in [1.82, 2.24) is 4.90 Å². The van der Waals surface area contributed by atoms with E-state index in [2.05, 4.69) is 13.8 Å². The Morgan fingerprint density at radius 3 is 2.28 bits per heavy atom. The molecule has 0 heterocycles. The number of carbonyl (C=O) groups is 1. The second-order valence-corrected chi connectivity index (χ2v) is 6.85. The molecular formula is C15H29NO2. The van der Waals surface area contributed by atoms with E-state index in [1.165, 1.54) is 19.3 Å². The van der Waals surface area contributed by atoms with Gasteiger partial charge in [0.1, 0.15) is 5.60 Å². The van der Waals surface area contributed by atoms with Crippen molar-refractivity contribution in [2.24, 2.45) is 11.8 Å². The molecule has 0 aromatic carbocycles. The Hall–Kier alpha value is -0.730. The Balaban J connectivity index is 2.68. The highest BCUT2D eigenvalue weighted by Crippen LogP contribution is 2.33. The van der Waals surface area contributed by atoms with Gasteiger partial charge in [-0.3, -0.25) is 0 Å². The first kappa shape index (κ1) is 15.3. The summed E-state index contributed by atoms with van der Waals surface area (Å²) >= 11 is 0. The summed E-state index contributed by atoms with van der Waals surface area (Å²) in [6.45, 7) is 10.3. The van der Waals surface area contributed by atoms with Crippen molar-refractivity contribution in [3.8, 4) is 0 Å². The Morgan fingerprint density at radius 2 is 1.78 bits per heavy atom. The monoisotopic (exact) mass is 255 g/mol. The van der Waals surface area contributed by atoms with Crippen LogP contribution in [0.5, 0.6) is 0 Å². The lowest BCUT2D eigenvalue weighted by Crippen LogP contribution is -2.47. The molecule has 2 unspecified atom stereocenters. The summed E-state index contributed by atoms with van der Waals surface area (Å²) in [6, 6.07) is 0.341. The molecule has 0 aliphatic heterocycles. The molecule has 1 aliphatic carbocycles. The summed E-state index contributed by atoms with van der Waals surface area (Å²) in [5.41, 5.74) is -0.409. The van der Waals surface area contributed by atoms with Crippen molar-refractivity contribution in [2.45, 2.75) is 71.9 Å². The lowest BCUT2D eigenvalue weighted by Gasteiger charge is -2.40. The highest BCUT2D eigenvalue weighted by molar-refractivity contribution is 5.68. The second-order valence-electron chi connectivity index (χ2n) is 6.85. The Labute approximate surface area is 112 Å². The van der Waals surface area contributed by atoms with Gasteiger partial charge in [-0.25, -0.2) is 4.79 Å². The van der Waals surface area contributed by atoms with E-state index in [4.69, 9.17) is 4.74 Å². The van der Waals surface area contributed by atoms with Gasteiger partial charge in [0.15, 0.2) is 0 Å². The molecular weight excluding hydrogens is 226 g/mol. The standard InChI is InChI=1S/C15H29NO2/c1-11(2)12-9-7-8-10-13(12)16(6)14(17)18-15(3,4)5/h11-13H,7-10H2,1-6H3. The molecule has 106 valence electrons. The van der Waals surface area contributed by atoms with Crippen LogP contribution in [0.4, 0.5) is 4.79 Å². The number of rotatable bonds is 2. The van der Waals surface area contributed by atoms with E-state index in [1.807, 2.05) is 32.7 Å². The van der Waals surface area contributed by atoms with Gasteiger partial charge in [-0.2, -0.15) is 0 Å². The van der Waals surface area contributed by atoms with Gasteiger partial charge in [0, 0.05) is 13.1 Å². The summed E-state index contributed by atoms with van der Waals surface area (Å²) in [6.07, 6.45) is 4.68. The largest absolute Gasteiger partial charge is 0.444 e. The van der Waals surface area contributed by atoms with Crippen LogP contribution in [0.2, 0.25) is 0 Å². The molecule has 0 aromatic rings. The predicted octanol–water partition coefficient (Wildman–Crippen LogP) is 4.07. The molecule has 3 nitrogen and oxygen atoms in total. The molecule has 1 aliphatic rings. The predicted molar refractivity (Wildman–Crippen MR) is 74.6 cm³/mol. The molecule has 1 saturated carbocycles. The zero-order valence-corrected chi connectivity index (χ0v) is 12.8. The highest BCUT2D eigenvalue weighted by Gasteiger charge is 2.34. The molecule has 2 atom stereocenters. The molecule has 0 N–H and O–H groups in total. The molecule has 18 heavy (non-hydrogen) atoms. The summed E-state index contributed by atoms with van der Waals surface area (Å²) in [5.74, 6) is 1.23. The summed E-state index contributed by atoms with van der Waals surface area (Å²) < 4.78 is 5.47. The van der Waals surface area contributed by atoms with Gasteiger partial charge < -0.3 is 9.64 Å². The zero-order valence-electron chi connectivity index (χ0n) is 12.8. The van der Waals surface area contributed by atoms with Gasteiger partial charge in [-0.15, -0.1) is 0 Å². The molecule has 1 amide bonds. The molecule has 0 radical (unpaired) electrons. The van der Waals surface area contributed by atoms with Crippen LogP contribution < -0.4 is 0 Å². The molecule has 1 fully saturated rings. The maximum atomic E-state index is 12.1. The highest BCUT2D eigenvalue weighted by atomic mass is 16.6. The van der Waals surface area contributed by atoms with Crippen LogP contribution >= 0.6 is 0 Å². The van der Waals surface area contributed by atoms with Crippen LogP contribution in [-0.2, 0) is 4.74 Å². The van der Waals surface area contributed by atoms with Gasteiger partial charge in [-0.1, -0.05) is 26.7 Å². The van der Waals surface area contributed by atoms with Crippen molar-refractivity contribution in [3.05, 3.63) is 0 Å². The van der Waals surface area contributed by atoms with Gasteiger partial charge in [0.25, 0.3) is 0 Å². The fraction of sp³-hybridized carbons (Fsp3) is 0.933. The quantitative estimate of drug-likeness (QED) is 0.744. The summed E-state index contributed by atoms with van der Waals surface area (Å²) in [7, 11) is 1.89. The fourth-order valence-corrected chi connectivity index (χ4v) is 2.87. The first-order valence-corrected chi connectivity index (χ1v) is 7.18. The van der Waals surface area contributed by atoms with Crippen LogP contribution in [0, 0.1) is 11.8 Å². The summed E-state index contributed by atoms with van der Waals surface area (Å²) in [5, 5.41) is 0. The van der Waals surface area contributed by atoms with Gasteiger partial charge in [0.2, 0.25) is 0 Å². The van der Waals surface area contributed by atoms with E-state index in [0.717, 1.165) is 6.42 Å². The van der Waals surface area contributed by atoms with Crippen LogP contribution in [-0.4, -0.2) is 29.7 Å². The average molecular weight is 255 g/mol. The van der Waals surface area contributed by atoms with Crippen LogP contribution in [0.25, 0.3) is 0 Å². The number of hydrogen-bond donors (Lipinski definition) is 0. The first-order valence-electron chi connectivity index (χ1n) is 7.18. The zero-order chi connectivity index (χ0) is 13.9. The van der Waals surface area contributed by atoms with E-state index >= 15 is 0 Å². The van der Waals surface area contributed by atoms with E-state index in [-0.39, 0.29) is 6.09 Å². The number of carbonyl (C=O) groups excluding carboxylic acids is 1. The van der Waals surface area contributed by atoms with Gasteiger partial charge >= 0.3 is 6.09 Å². The smallest absolute Gasteiger partial charge is 0.410 e. The molecule has 3 heteroatoms. The SMILES string of the molecule is CC(C)C1CCCCC1N(C)C(=O)OC(C)(C)C. The fourth-order valence-electron chi connectivity index (χ4n) is 2.87. The third-order valence-electron chi connectivity index (χ3n) is 3.82. The molecule has 1 rings (SSSR count). The van der Waals surface area contributed by atoms with Crippen molar-refractivity contribution >= 4 is 6.09 Å². The van der Waals surface area contributed by atoms with Crippen molar-refractivity contribution in [2.75, 3.05) is 7.05 Å². The van der Waals surface area contributed by atoms with Crippen LogP contribution in [0.3, 0.4) is 0 Å². The Bertz CT molecular complexity index is 281. The third kappa shape index (κ3) is 4.18. The molecule has 0 bridgehead atoms. The van der Waals surface area contributed by atoms with Gasteiger partial charge in [0.05, 0.1) is 0 Å². The minimum absolute atomic E-state index is 0.181. The Kier molecular flexibility index (Phi) is 5.06. The summed E-state index contributed by atoms with van der Waals surface area (Å²) in [4.78, 5) is 14.0. The van der Waals surface area contributed by atoms with Crippen molar-refractivity contribution < 1.29 is 9.53 Å². The number of amides is 1. The second kappa shape index (κ2) is 5.94. The van der Waals surface area contributed by atoms with E-state index < -0.39 is 5.60 Å². The molecule has 0 saturated heterocycles. The topological polar surface area (TPSA) is 29.5 Å². The minimum atomic E-state index is -0.409. The lowest BCUT2D eigenvalue weighted by molar-refractivity contribution is 0.00752. The van der Waals surface area contributed by atoms with E-state index in [0.29, 0.717) is 17.9 Å². The lowest BCUT2D eigenvalue weighted by atomic mass is 9.77. The number of ether oxygens (including phenoxy) is 1. The molecule has 0 aromatic heterocycles. The third-order valence-corrected chi connectivity index (χ3v) is 3.82. The first-order chi connectivity index (χ1) is 8.22. The maximum Gasteiger partial charge on any atom is 0.410 e. The van der Waals surface area contributed by atoms with Gasteiger partial charge in [-0.05, 0) is 45.4 Å². The van der Waals surface area contributed by atoms with Crippen molar-refractivity contribution in [1.29, 1.82) is 0 Å². The van der Waals surface area contributed by atoms with Crippen LogP contribution in [0.1, 0.15) is 60.3 Å². The average Bonchev–Trinajstić information content (AvgIpc) is 2.25. The minimum Gasteiger partial charge on any atom is -0.444 e. The van der Waals surface area contributed by atoms with Crippen molar-refractivity contribution in [3.63, 3.8) is 0 Å². The van der Waals surface area contributed by atoms with E-state index in [1.54, 1.807) is 0 Å². The number of nitrogens with zero attached hydrogens (tertiary/aromatic N) is 1. The number of hydrogen-bond acceptors (Lipinski definition) is 2. The van der Waals surface area contributed by atoms with Crippen LogP contribution in [0.15, 0.2) is 0 Å². The maximum absolute atomic E-state index is 12.1. The van der Waals surface area contributed by atoms with E-state index in [9.17, 15) is 4.79 Å². The molecule has 0 spiro atoms.